The van der Waals surface area contributed by atoms with Crippen molar-refractivity contribution in [3.63, 3.8) is 0 Å². The van der Waals surface area contributed by atoms with Gasteiger partial charge in [0.05, 0.1) is 12.2 Å². The van der Waals surface area contributed by atoms with Crippen LogP contribution >= 0.6 is 0 Å². The van der Waals surface area contributed by atoms with Crippen molar-refractivity contribution in [3.05, 3.63) is 94.3 Å². The number of guanidine groups is 1. The van der Waals surface area contributed by atoms with E-state index in [2.05, 4.69) is 15.0 Å². The molecule has 0 fully saturated rings. The number of nitrogens with one attached hydrogen (secondary N) is 2. The van der Waals surface area contributed by atoms with E-state index in [-0.39, 0.29) is 30.2 Å². The smallest absolute Gasteiger partial charge is 0.266 e. The van der Waals surface area contributed by atoms with Crippen molar-refractivity contribution in [2.24, 2.45) is 4.99 Å². The van der Waals surface area contributed by atoms with E-state index < -0.39 is 32.4 Å². The Morgan fingerprint density at radius 3 is 2.52 bits per heavy atom. The molecule has 0 bridgehead atoms. The highest BCUT2D eigenvalue weighted by atomic mass is 32.2. The molecule has 0 saturated carbocycles. The first kappa shape index (κ1) is 20.9. The zero-order chi connectivity index (χ0) is 22.2. The number of sulfonamides is 1. The number of rotatable bonds is 4. The normalized spacial score (nSPS) is 15.8. The zero-order valence-electron chi connectivity index (χ0n) is 16.4. The van der Waals surface area contributed by atoms with Gasteiger partial charge in [-0.15, -0.1) is 0 Å². The maximum atomic E-state index is 14.8. The van der Waals surface area contributed by atoms with Crippen molar-refractivity contribution in [3.8, 4) is 0 Å². The summed E-state index contributed by atoms with van der Waals surface area (Å²) in [5.74, 6) is -2.99. The van der Waals surface area contributed by atoms with Gasteiger partial charge in [-0.3, -0.25) is 0 Å². The highest BCUT2D eigenvalue weighted by molar-refractivity contribution is 7.90. The van der Waals surface area contributed by atoms with E-state index in [0.717, 1.165) is 11.1 Å². The lowest BCUT2D eigenvalue weighted by atomic mass is 9.98. The van der Waals surface area contributed by atoms with Gasteiger partial charge >= 0.3 is 0 Å². The summed E-state index contributed by atoms with van der Waals surface area (Å²) in [6.45, 7) is 1.81. The van der Waals surface area contributed by atoms with E-state index in [0.29, 0.717) is 11.6 Å². The summed E-state index contributed by atoms with van der Waals surface area (Å²) in [4.78, 5) is 3.74. The van der Waals surface area contributed by atoms with Crippen LogP contribution in [0.1, 0.15) is 22.3 Å². The molecule has 0 unspecified atom stereocenters. The highest BCUT2D eigenvalue weighted by Gasteiger charge is 2.32. The summed E-state index contributed by atoms with van der Waals surface area (Å²) in [6.07, 6.45) is -0.0156. The monoisotopic (exact) mass is 445 g/mol. The van der Waals surface area contributed by atoms with Crippen LogP contribution in [0.15, 0.2) is 64.5 Å². The van der Waals surface area contributed by atoms with Crippen LogP contribution in [0.3, 0.4) is 0 Å². The van der Waals surface area contributed by atoms with Crippen molar-refractivity contribution in [1.29, 1.82) is 0 Å². The Labute approximate surface area is 177 Å². The van der Waals surface area contributed by atoms with Crippen LogP contribution < -0.4 is 10.0 Å². The van der Waals surface area contributed by atoms with Crippen molar-refractivity contribution in [2.75, 3.05) is 5.32 Å². The van der Waals surface area contributed by atoms with Gasteiger partial charge < -0.3 is 5.32 Å². The lowest BCUT2D eigenvalue weighted by Crippen LogP contribution is -2.41. The van der Waals surface area contributed by atoms with E-state index in [1.54, 1.807) is 18.2 Å². The molecular weight excluding hydrogens is 427 g/mol. The Hall–Kier alpha value is -3.33. The quantitative estimate of drug-likeness (QED) is 0.630. The van der Waals surface area contributed by atoms with Gasteiger partial charge in [-0.25, -0.2) is 31.3 Å². The first-order valence-corrected chi connectivity index (χ1v) is 10.9. The second-order valence-electron chi connectivity index (χ2n) is 7.15. The first-order chi connectivity index (χ1) is 14.7. The Morgan fingerprint density at radius 1 is 1.00 bits per heavy atom. The molecule has 0 radical (unpaired) electrons. The minimum Gasteiger partial charge on any atom is -0.324 e. The van der Waals surface area contributed by atoms with Crippen LogP contribution in [0.5, 0.6) is 0 Å². The number of anilines is 1. The topological polar surface area (TPSA) is 70.6 Å². The number of hydrogen-bond acceptors (Lipinski definition) is 3. The van der Waals surface area contributed by atoms with E-state index in [9.17, 15) is 21.6 Å². The van der Waals surface area contributed by atoms with Crippen molar-refractivity contribution in [2.45, 2.75) is 24.8 Å². The molecule has 1 aliphatic heterocycles. The molecule has 0 spiro atoms. The third-order valence-corrected chi connectivity index (χ3v) is 6.34. The Bertz CT molecular complexity index is 1310. The number of halogens is 3. The van der Waals surface area contributed by atoms with Gasteiger partial charge in [0, 0.05) is 12.0 Å². The maximum Gasteiger partial charge on any atom is 0.266 e. The predicted molar refractivity (Wildman–Crippen MR) is 112 cm³/mol. The molecule has 0 aliphatic carbocycles. The molecule has 160 valence electrons. The van der Waals surface area contributed by atoms with Gasteiger partial charge in [-0.05, 0) is 41.8 Å². The molecule has 0 atom stereocenters. The fraction of sp³-hybridized carbons (Fsp3) is 0.136. The molecule has 9 heteroatoms. The molecule has 0 saturated heterocycles. The second kappa shape index (κ2) is 8.07. The standard InChI is InChI=1S/C22H18F3N3O2S/c1-13-5-2-3-7-15(13)10-17-20(25)18(24)11-19-21(17)27-22(28-31(19,29)30)26-12-14-6-4-8-16(23)9-14/h2-9,11H,10,12H2,1H3,(H2,26,27,28). The van der Waals surface area contributed by atoms with Crippen LogP contribution in [0.2, 0.25) is 0 Å². The summed E-state index contributed by atoms with van der Waals surface area (Å²) in [7, 11) is -4.19. The van der Waals surface area contributed by atoms with E-state index in [4.69, 9.17) is 0 Å². The fourth-order valence-electron chi connectivity index (χ4n) is 3.37. The average Bonchev–Trinajstić information content (AvgIpc) is 2.72. The van der Waals surface area contributed by atoms with Gasteiger partial charge in [-0.1, -0.05) is 36.4 Å². The van der Waals surface area contributed by atoms with E-state index >= 15 is 0 Å². The fourth-order valence-corrected chi connectivity index (χ4v) is 4.55. The predicted octanol–water partition coefficient (Wildman–Crippen LogP) is 4.26. The summed E-state index contributed by atoms with van der Waals surface area (Å²) in [5, 5.41) is 2.77. The van der Waals surface area contributed by atoms with E-state index in [1.165, 1.54) is 18.2 Å². The van der Waals surface area contributed by atoms with Gasteiger partial charge in [0.15, 0.2) is 11.6 Å². The summed E-state index contributed by atoms with van der Waals surface area (Å²) in [5.41, 5.74) is 1.92. The van der Waals surface area contributed by atoms with Crippen molar-refractivity contribution < 1.29 is 21.6 Å². The molecule has 3 aromatic carbocycles. The third-order valence-electron chi connectivity index (χ3n) is 4.98. The molecule has 0 amide bonds. The van der Waals surface area contributed by atoms with Gasteiger partial charge in [0.1, 0.15) is 10.7 Å². The van der Waals surface area contributed by atoms with Gasteiger partial charge in [-0.2, -0.15) is 0 Å². The minimum absolute atomic E-state index is 0.0156. The maximum absolute atomic E-state index is 14.8. The molecule has 5 nitrogen and oxygen atoms in total. The first-order valence-electron chi connectivity index (χ1n) is 9.39. The Morgan fingerprint density at radius 2 is 1.77 bits per heavy atom. The lowest BCUT2D eigenvalue weighted by Gasteiger charge is -2.25. The van der Waals surface area contributed by atoms with Gasteiger partial charge in [0.25, 0.3) is 10.0 Å². The van der Waals surface area contributed by atoms with Crippen LogP contribution in [0.25, 0.3) is 0 Å². The summed E-state index contributed by atoms with van der Waals surface area (Å²) < 4.78 is 70.0. The number of benzene rings is 3. The third kappa shape index (κ3) is 4.27. The van der Waals surface area contributed by atoms with Crippen LogP contribution in [0.4, 0.5) is 18.9 Å². The second-order valence-corrected chi connectivity index (χ2v) is 8.80. The average molecular weight is 445 g/mol. The lowest BCUT2D eigenvalue weighted by molar-refractivity contribution is 0.497. The summed E-state index contributed by atoms with van der Waals surface area (Å²) >= 11 is 0. The number of aliphatic imine (C=N–C) groups is 1. The van der Waals surface area contributed by atoms with Crippen molar-refractivity contribution in [1.82, 2.24) is 4.72 Å². The molecule has 0 aromatic heterocycles. The largest absolute Gasteiger partial charge is 0.324 e. The molecule has 2 N–H and O–H groups in total. The molecule has 1 aliphatic rings. The highest BCUT2D eigenvalue weighted by Crippen LogP contribution is 2.34. The molecule has 1 heterocycles. The molecule has 4 rings (SSSR count). The van der Waals surface area contributed by atoms with Gasteiger partial charge in [0.2, 0.25) is 5.96 Å². The number of fused-ring (bicyclic) bond motifs is 1. The number of hydrogen-bond donors (Lipinski definition) is 2. The van der Waals surface area contributed by atoms with Crippen LogP contribution in [0, 0.1) is 24.4 Å². The van der Waals surface area contributed by atoms with Crippen molar-refractivity contribution >= 4 is 21.7 Å². The molecule has 3 aromatic rings. The minimum atomic E-state index is -4.19. The van der Waals surface area contributed by atoms with Crippen LogP contribution in [-0.2, 0) is 23.0 Å². The van der Waals surface area contributed by atoms with Crippen LogP contribution in [-0.4, -0.2) is 14.4 Å². The Balaban J connectivity index is 1.77. The SMILES string of the molecule is Cc1ccccc1Cc1c(F)c(F)cc2c1NC(=NCc1cccc(F)c1)NS2(=O)=O. The number of aryl methyl sites for hydroxylation is 1. The number of nitrogens with zero attached hydrogens (tertiary/aromatic N) is 1. The zero-order valence-corrected chi connectivity index (χ0v) is 17.2. The summed E-state index contributed by atoms with van der Waals surface area (Å²) in [6, 6.07) is 13.5. The molecular formula is C22H18F3N3O2S. The molecule has 31 heavy (non-hydrogen) atoms. The van der Waals surface area contributed by atoms with E-state index in [1.807, 2.05) is 19.1 Å². The Kier molecular flexibility index (Phi) is 5.45.